The highest BCUT2D eigenvalue weighted by atomic mass is 32.2. The highest BCUT2D eigenvalue weighted by Crippen LogP contribution is 2.17. The van der Waals surface area contributed by atoms with E-state index in [1.807, 2.05) is 40.4 Å². The Hall–Kier alpha value is -0.983. The van der Waals surface area contributed by atoms with Crippen LogP contribution in [0.1, 0.15) is 32.3 Å². The third kappa shape index (κ3) is 6.57. The van der Waals surface area contributed by atoms with Crippen molar-refractivity contribution < 1.29 is 13.2 Å². The van der Waals surface area contributed by atoms with E-state index in [1.165, 1.54) is 0 Å². The van der Waals surface area contributed by atoms with Crippen LogP contribution in [0.5, 0.6) is 0 Å². The molecule has 1 atom stereocenters. The summed E-state index contributed by atoms with van der Waals surface area (Å²) in [5.41, 5.74) is 1.01. The van der Waals surface area contributed by atoms with E-state index in [0.29, 0.717) is 12.3 Å². The van der Waals surface area contributed by atoms with Crippen LogP contribution in [0.4, 0.5) is 0 Å². The van der Waals surface area contributed by atoms with Gasteiger partial charge in [0.15, 0.2) is 0 Å². The van der Waals surface area contributed by atoms with Crippen LogP contribution in [0.25, 0.3) is 0 Å². The van der Waals surface area contributed by atoms with Crippen LogP contribution in [-0.4, -0.2) is 27.9 Å². The van der Waals surface area contributed by atoms with Gasteiger partial charge < -0.3 is 4.79 Å². The highest BCUT2D eigenvalue weighted by molar-refractivity contribution is 7.89. The average Bonchev–Trinajstić information content (AvgIpc) is 2.36. The van der Waals surface area contributed by atoms with Gasteiger partial charge in [-0.15, -0.1) is 0 Å². The van der Waals surface area contributed by atoms with E-state index in [1.54, 1.807) is 24.3 Å². The van der Waals surface area contributed by atoms with Gasteiger partial charge in [0.25, 0.3) is 0 Å². The minimum Gasteiger partial charge on any atom is -0.305 e. The third-order valence-electron chi connectivity index (χ3n) is 3.68. The first-order valence-electron chi connectivity index (χ1n) is 8.04. The summed E-state index contributed by atoms with van der Waals surface area (Å²) in [5.74, 6) is 0.315. The second-order valence-electron chi connectivity index (χ2n) is 7.64. The zero-order chi connectivity index (χ0) is 17.8. The molecule has 0 heterocycles. The Morgan fingerprint density at radius 3 is 2.09 bits per heavy atom. The van der Waals surface area contributed by atoms with Gasteiger partial charge >= 0.3 is 0 Å². The Labute approximate surface area is 141 Å². The molecule has 1 aromatic rings. The molecule has 1 aromatic carbocycles. The molecule has 0 amide bonds. The Bertz CT molecular complexity index is 631. The van der Waals surface area contributed by atoms with Crippen molar-refractivity contribution in [3.05, 3.63) is 29.8 Å². The smallest absolute Gasteiger partial charge is 0.240 e. The van der Waals surface area contributed by atoms with Crippen molar-refractivity contribution in [2.24, 2.45) is 5.92 Å². The van der Waals surface area contributed by atoms with Gasteiger partial charge in [0.2, 0.25) is 10.0 Å². The van der Waals surface area contributed by atoms with Crippen LogP contribution < -0.4 is 4.72 Å². The van der Waals surface area contributed by atoms with E-state index in [2.05, 4.69) is 4.72 Å². The summed E-state index contributed by atoms with van der Waals surface area (Å²) < 4.78 is 27.8. The lowest BCUT2D eigenvalue weighted by Gasteiger charge is -2.23. The minimum absolute atomic E-state index is 0.203. The molecule has 0 radical (unpaired) electrons. The maximum absolute atomic E-state index is 12.6. The molecule has 0 fully saturated rings. The van der Waals surface area contributed by atoms with Crippen LogP contribution >= 0.6 is 0 Å². The number of aryl methyl sites for hydroxylation is 1. The van der Waals surface area contributed by atoms with Crippen molar-refractivity contribution in [1.82, 2.24) is 4.72 Å². The van der Waals surface area contributed by atoms with Crippen molar-refractivity contribution >= 4 is 23.5 Å². The fourth-order valence-electron chi connectivity index (χ4n) is 2.28. The van der Waals surface area contributed by atoms with E-state index in [-0.39, 0.29) is 22.8 Å². The molecule has 0 spiro atoms. The second kappa shape index (κ2) is 7.72. The summed E-state index contributed by atoms with van der Waals surface area (Å²) in [7, 11) is -5.51. The lowest BCUT2D eigenvalue weighted by atomic mass is 10.0. The van der Waals surface area contributed by atoms with Gasteiger partial charge in [-0.1, -0.05) is 51.2 Å². The topological polar surface area (TPSA) is 63.2 Å². The fraction of sp³-hybridized carbons (Fsp3) is 0.588. The maximum Gasteiger partial charge on any atom is 0.240 e. The number of benzene rings is 1. The molecule has 6 heteroatoms. The minimum atomic E-state index is -3.60. The number of carbonyl (C=O) groups excluding carboxylic acids is 1. The Morgan fingerprint density at radius 1 is 1.13 bits per heavy atom. The van der Waals surface area contributed by atoms with Crippen molar-refractivity contribution in [2.75, 3.05) is 0 Å². The maximum atomic E-state index is 12.6. The van der Waals surface area contributed by atoms with E-state index in [0.717, 1.165) is 5.56 Å². The van der Waals surface area contributed by atoms with Crippen molar-refractivity contribution in [3.8, 4) is 0 Å². The molecule has 1 N–H and O–H groups in total. The van der Waals surface area contributed by atoms with Gasteiger partial charge in [-0.2, -0.15) is 0 Å². The van der Waals surface area contributed by atoms with Gasteiger partial charge in [-0.05, 0) is 31.4 Å². The zero-order valence-corrected chi connectivity index (χ0v) is 16.8. The van der Waals surface area contributed by atoms with E-state index in [4.69, 9.17) is 0 Å². The molecule has 4 nitrogen and oxygen atoms in total. The summed E-state index contributed by atoms with van der Waals surface area (Å²) in [4.78, 5) is 12.6. The SMILES string of the molecule is Cc1ccc(S(=O)(=O)N[C@H](CC(=O)[Si](C)(C)C)CC(C)C)cc1. The average molecular weight is 356 g/mol. The number of hydrogen-bond acceptors (Lipinski definition) is 3. The molecule has 0 bridgehead atoms. The molecule has 130 valence electrons. The molecule has 0 saturated carbocycles. The molecule has 0 aliphatic heterocycles. The number of rotatable bonds is 8. The monoisotopic (exact) mass is 355 g/mol. The predicted octanol–water partition coefficient (Wildman–Crippen LogP) is 3.52. The standard InChI is InChI=1S/C17H29NO3SSi/c1-13(2)11-15(12-17(19)23(4,5)6)18-22(20,21)16-9-7-14(3)8-10-16/h7-10,13,15,18H,11-12H2,1-6H3/t15-/m0/s1. The van der Waals surface area contributed by atoms with Crippen LogP contribution in [0.2, 0.25) is 19.6 Å². The molecular weight excluding hydrogens is 326 g/mol. The Balaban J connectivity index is 2.95. The summed E-state index contributed by atoms with van der Waals surface area (Å²) in [6.45, 7) is 12.0. The summed E-state index contributed by atoms with van der Waals surface area (Å²) in [5, 5.41) is 0.203. The molecule has 0 aromatic heterocycles. The van der Waals surface area contributed by atoms with E-state index >= 15 is 0 Å². The predicted molar refractivity (Wildman–Crippen MR) is 97.7 cm³/mol. The van der Waals surface area contributed by atoms with Gasteiger partial charge in [0, 0.05) is 12.5 Å². The molecular formula is C17H29NO3SSi. The van der Waals surface area contributed by atoms with E-state index < -0.39 is 18.1 Å². The van der Waals surface area contributed by atoms with Crippen molar-refractivity contribution in [2.45, 2.75) is 64.2 Å². The Morgan fingerprint density at radius 2 is 1.65 bits per heavy atom. The van der Waals surface area contributed by atoms with Gasteiger partial charge in [0.1, 0.15) is 13.5 Å². The van der Waals surface area contributed by atoms with Crippen LogP contribution in [0.3, 0.4) is 0 Å². The van der Waals surface area contributed by atoms with Crippen LogP contribution in [0.15, 0.2) is 29.2 Å². The number of nitrogens with one attached hydrogen (secondary N) is 1. The first kappa shape index (κ1) is 20.1. The second-order valence-corrected chi connectivity index (χ2v) is 14.4. The van der Waals surface area contributed by atoms with Crippen molar-refractivity contribution in [1.29, 1.82) is 0 Å². The first-order chi connectivity index (χ1) is 10.4. The van der Waals surface area contributed by atoms with Gasteiger partial charge in [-0.3, -0.25) is 0 Å². The highest BCUT2D eigenvalue weighted by Gasteiger charge is 2.29. The molecule has 23 heavy (non-hydrogen) atoms. The van der Waals surface area contributed by atoms with Gasteiger partial charge in [0.05, 0.1) is 4.90 Å². The first-order valence-corrected chi connectivity index (χ1v) is 13.0. The molecule has 0 unspecified atom stereocenters. The van der Waals surface area contributed by atoms with E-state index in [9.17, 15) is 13.2 Å². The number of sulfonamides is 1. The number of hydrogen-bond donors (Lipinski definition) is 1. The summed E-state index contributed by atoms with van der Waals surface area (Å²) in [6, 6.07) is 6.41. The molecule has 0 saturated heterocycles. The van der Waals surface area contributed by atoms with Crippen molar-refractivity contribution in [3.63, 3.8) is 0 Å². The van der Waals surface area contributed by atoms with Crippen LogP contribution in [-0.2, 0) is 14.8 Å². The normalized spacial score (nSPS) is 14.0. The fourth-order valence-corrected chi connectivity index (χ4v) is 4.38. The quantitative estimate of drug-likeness (QED) is 0.726. The van der Waals surface area contributed by atoms with Gasteiger partial charge in [-0.25, -0.2) is 13.1 Å². The summed E-state index contributed by atoms with van der Waals surface area (Å²) in [6.07, 6.45) is 0.931. The summed E-state index contributed by atoms with van der Waals surface area (Å²) >= 11 is 0. The lowest BCUT2D eigenvalue weighted by molar-refractivity contribution is -0.113. The number of carbonyl (C=O) groups is 1. The zero-order valence-electron chi connectivity index (χ0n) is 15.0. The lowest BCUT2D eigenvalue weighted by Crippen LogP contribution is -2.42. The molecule has 1 rings (SSSR count). The molecule has 0 aliphatic rings. The Kier molecular flexibility index (Phi) is 6.74. The molecule has 0 aliphatic carbocycles. The third-order valence-corrected chi connectivity index (χ3v) is 7.09. The van der Waals surface area contributed by atoms with Crippen LogP contribution in [0, 0.1) is 12.8 Å². The largest absolute Gasteiger partial charge is 0.305 e.